The average Bonchev–Trinajstić information content (AvgIpc) is 2.22. The molecule has 0 aliphatic rings. The quantitative estimate of drug-likeness (QED) is 0.440. The fourth-order valence-corrected chi connectivity index (χ4v) is 3.16. The van der Waals surface area contributed by atoms with Crippen LogP contribution in [0, 0.1) is 5.92 Å². The van der Waals surface area contributed by atoms with Crippen molar-refractivity contribution in [2.24, 2.45) is 5.92 Å². The van der Waals surface area contributed by atoms with Crippen molar-refractivity contribution in [3.8, 4) is 0 Å². The van der Waals surface area contributed by atoms with Crippen LogP contribution in [-0.2, 0) is 23.1 Å². The molecule has 0 aromatic rings. The Hall–Kier alpha value is 0.490. The number of carbonyl (C=O) groups excluding carboxylic acids is 1. The van der Waals surface area contributed by atoms with Crippen molar-refractivity contribution in [3.05, 3.63) is 0 Å². The Bertz CT molecular complexity index is 307. The van der Waals surface area contributed by atoms with Crippen LogP contribution in [0.3, 0.4) is 0 Å². The molecule has 0 bridgehead atoms. The second-order valence-corrected chi connectivity index (χ2v) is 8.04. The number of ether oxygens (including phenoxy) is 1. The summed E-state index contributed by atoms with van der Waals surface area (Å²) in [5, 5.41) is 0. The maximum absolute atomic E-state index is 12.1. The summed E-state index contributed by atoms with van der Waals surface area (Å²) in [7, 11) is -1.63. The molecule has 5 nitrogen and oxygen atoms in total. The zero-order valence-electron chi connectivity index (χ0n) is 9.78. The average molecular weight is 328 g/mol. The Labute approximate surface area is 115 Å². The molecule has 0 aromatic carbocycles. The van der Waals surface area contributed by atoms with Gasteiger partial charge in [-0.2, -0.15) is 0 Å². The summed E-state index contributed by atoms with van der Waals surface area (Å²) in [6.45, 7) is 3.17. The topological polar surface area (TPSA) is 61.8 Å². The third kappa shape index (κ3) is 4.93. The van der Waals surface area contributed by atoms with Crippen LogP contribution in [0.2, 0.25) is 0 Å². The van der Waals surface area contributed by atoms with Gasteiger partial charge in [0.25, 0.3) is 0 Å². The summed E-state index contributed by atoms with van der Waals surface area (Å²) in [4.78, 5) is 11.4. The van der Waals surface area contributed by atoms with Crippen LogP contribution in [0.5, 0.6) is 0 Å². The van der Waals surface area contributed by atoms with Gasteiger partial charge in [-0.25, -0.2) is 0 Å². The van der Waals surface area contributed by atoms with Gasteiger partial charge in [0.2, 0.25) is 9.64 Å². The molecule has 0 N–H and O–H groups in total. The van der Waals surface area contributed by atoms with Gasteiger partial charge < -0.3 is 13.8 Å². The van der Waals surface area contributed by atoms with E-state index in [9.17, 15) is 9.36 Å². The summed E-state index contributed by atoms with van der Waals surface area (Å²) < 4.78 is 24.2. The molecule has 0 aromatic heterocycles. The molecular formula is C8H14Cl3O5P. The molecule has 0 heterocycles. The highest BCUT2D eigenvalue weighted by Crippen LogP contribution is 2.59. The van der Waals surface area contributed by atoms with Crippen molar-refractivity contribution in [1.29, 1.82) is 0 Å². The van der Waals surface area contributed by atoms with Crippen molar-refractivity contribution < 1.29 is 23.1 Å². The summed E-state index contributed by atoms with van der Waals surface area (Å²) in [5.74, 6) is -2.76. The van der Waals surface area contributed by atoms with Gasteiger partial charge in [-0.1, -0.05) is 48.7 Å². The molecule has 0 radical (unpaired) electrons. The smallest absolute Gasteiger partial charge is 0.374 e. The Morgan fingerprint density at radius 1 is 1.18 bits per heavy atom. The highest BCUT2D eigenvalue weighted by molar-refractivity contribution is 7.55. The number of alkyl halides is 3. The van der Waals surface area contributed by atoms with Gasteiger partial charge in [0.1, 0.15) is 0 Å². The molecule has 1 unspecified atom stereocenters. The lowest BCUT2D eigenvalue weighted by Gasteiger charge is -2.29. The normalized spacial score (nSPS) is 14.8. The predicted octanol–water partition coefficient (Wildman–Crippen LogP) is 3.37. The molecule has 0 spiro atoms. The van der Waals surface area contributed by atoms with Gasteiger partial charge >= 0.3 is 13.6 Å². The molecular weight excluding hydrogens is 313 g/mol. The molecule has 1 atom stereocenters. The fourth-order valence-electron chi connectivity index (χ4n) is 0.823. The Morgan fingerprint density at radius 2 is 1.59 bits per heavy atom. The van der Waals surface area contributed by atoms with E-state index in [1.807, 2.05) is 0 Å². The van der Waals surface area contributed by atoms with E-state index in [-0.39, 0.29) is 0 Å². The lowest BCUT2D eigenvalue weighted by molar-refractivity contribution is -0.149. The molecule has 0 saturated carbocycles. The molecule has 102 valence electrons. The van der Waals surface area contributed by atoms with Gasteiger partial charge in [0.05, 0.1) is 5.92 Å². The molecule has 0 aliphatic carbocycles. The molecule has 0 fully saturated rings. The summed E-state index contributed by atoms with van der Waals surface area (Å²) >= 11 is 16.8. The first kappa shape index (κ1) is 17.5. The number of hydrogen-bond donors (Lipinski definition) is 0. The zero-order valence-corrected chi connectivity index (χ0v) is 12.9. The largest absolute Gasteiger partial charge is 0.444 e. The van der Waals surface area contributed by atoms with Crippen LogP contribution in [0.15, 0.2) is 0 Å². The summed E-state index contributed by atoms with van der Waals surface area (Å²) in [5.41, 5.74) is 0. The molecule has 0 saturated heterocycles. The minimum atomic E-state index is -3.85. The third-order valence-corrected chi connectivity index (χ3v) is 4.91. The van der Waals surface area contributed by atoms with Crippen molar-refractivity contribution in [1.82, 2.24) is 0 Å². The monoisotopic (exact) mass is 326 g/mol. The van der Waals surface area contributed by atoms with E-state index in [0.717, 1.165) is 14.2 Å². The van der Waals surface area contributed by atoms with E-state index in [1.54, 1.807) is 13.8 Å². The Balaban J connectivity index is 5.17. The number of carbonyl (C=O) groups is 1. The van der Waals surface area contributed by atoms with Gasteiger partial charge in [0.15, 0.2) is 0 Å². The van der Waals surface area contributed by atoms with Gasteiger partial charge in [-0.15, -0.1) is 0 Å². The predicted molar refractivity (Wildman–Crippen MR) is 66.6 cm³/mol. The summed E-state index contributed by atoms with van der Waals surface area (Å²) in [6.07, 6.45) is 0. The first-order chi connectivity index (χ1) is 7.58. The van der Waals surface area contributed by atoms with E-state index in [1.165, 1.54) is 0 Å². The lowest BCUT2D eigenvalue weighted by Crippen LogP contribution is -2.33. The molecule has 17 heavy (non-hydrogen) atoms. The minimum Gasteiger partial charge on any atom is -0.444 e. The molecule has 9 heteroatoms. The maximum Gasteiger partial charge on any atom is 0.374 e. The van der Waals surface area contributed by atoms with E-state index >= 15 is 0 Å². The van der Waals surface area contributed by atoms with Crippen LogP contribution in [0.4, 0.5) is 0 Å². The van der Waals surface area contributed by atoms with E-state index in [4.69, 9.17) is 39.5 Å². The second-order valence-electron chi connectivity index (χ2n) is 3.39. The van der Waals surface area contributed by atoms with Gasteiger partial charge in [-0.3, -0.25) is 9.36 Å². The van der Waals surface area contributed by atoms with Gasteiger partial charge in [-0.05, 0) is 0 Å². The van der Waals surface area contributed by atoms with Crippen molar-refractivity contribution in [3.63, 3.8) is 0 Å². The summed E-state index contributed by atoms with van der Waals surface area (Å²) in [6, 6.07) is 0. The zero-order chi connectivity index (χ0) is 13.9. The second kappa shape index (κ2) is 6.60. The van der Waals surface area contributed by atoms with Crippen LogP contribution in [0.25, 0.3) is 0 Å². The fraction of sp³-hybridized carbons (Fsp3) is 0.875. The number of hydrogen-bond acceptors (Lipinski definition) is 5. The molecule has 0 amide bonds. The van der Waals surface area contributed by atoms with Crippen LogP contribution < -0.4 is 0 Å². The number of esters is 1. The maximum atomic E-state index is 12.1. The molecule has 0 aliphatic heterocycles. The number of halogens is 3. The first-order valence-corrected chi connectivity index (χ1v) is 7.31. The Kier molecular flexibility index (Phi) is 6.79. The van der Waals surface area contributed by atoms with Gasteiger partial charge in [0, 0.05) is 14.2 Å². The van der Waals surface area contributed by atoms with Crippen LogP contribution in [-0.4, -0.2) is 29.8 Å². The highest BCUT2D eigenvalue weighted by atomic mass is 35.6. The number of rotatable bonds is 5. The Morgan fingerprint density at radius 3 is 1.82 bits per heavy atom. The van der Waals surface area contributed by atoms with Crippen molar-refractivity contribution in [2.45, 2.75) is 23.5 Å². The standard InChI is InChI=1S/C8H14Cl3O5P/c1-5(2)6(12)16-7(8(9,10)11)17(13,14-3)15-4/h5,7H,1-4H3. The SMILES string of the molecule is COP(=O)(OC)C(OC(=O)C(C)C)C(Cl)(Cl)Cl. The lowest BCUT2D eigenvalue weighted by atomic mass is 10.2. The van der Waals surface area contributed by atoms with E-state index in [0.29, 0.717) is 0 Å². The third-order valence-electron chi connectivity index (χ3n) is 1.78. The molecule has 0 rings (SSSR count). The van der Waals surface area contributed by atoms with Crippen LogP contribution in [0.1, 0.15) is 13.8 Å². The minimum absolute atomic E-state index is 0.466. The van der Waals surface area contributed by atoms with Crippen LogP contribution >= 0.6 is 42.4 Å². The van der Waals surface area contributed by atoms with E-state index in [2.05, 4.69) is 9.05 Å². The van der Waals surface area contributed by atoms with E-state index < -0.39 is 29.1 Å². The highest BCUT2D eigenvalue weighted by Gasteiger charge is 2.51. The van der Waals surface area contributed by atoms with Crippen molar-refractivity contribution >= 4 is 48.4 Å². The van der Waals surface area contributed by atoms with Crippen molar-refractivity contribution in [2.75, 3.05) is 14.2 Å². The first-order valence-electron chi connectivity index (χ1n) is 4.57.